The van der Waals surface area contributed by atoms with Crippen molar-refractivity contribution in [1.29, 1.82) is 0 Å². The van der Waals surface area contributed by atoms with Crippen molar-refractivity contribution in [3.8, 4) is 5.88 Å². The topological polar surface area (TPSA) is 102 Å². The summed E-state index contributed by atoms with van der Waals surface area (Å²) in [7, 11) is 0. The SMILES string of the molecule is Cc1cc(OCC(=O)NC(CC(C)C)C(=O)O)no1. The molecule has 0 saturated carbocycles. The summed E-state index contributed by atoms with van der Waals surface area (Å²) >= 11 is 0. The van der Waals surface area contributed by atoms with Crippen LogP contribution in [0.15, 0.2) is 10.6 Å². The number of rotatable bonds is 7. The minimum absolute atomic E-state index is 0.167. The number of carboxylic acids is 1. The van der Waals surface area contributed by atoms with Gasteiger partial charge in [-0.3, -0.25) is 4.79 Å². The Balaban J connectivity index is 2.42. The predicted octanol–water partition coefficient (Wildman–Crippen LogP) is 0.977. The Morgan fingerprint density at radius 3 is 2.68 bits per heavy atom. The number of nitrogens with zero attached hydrogens (tertiary/aromatic N) is 1. The summed E-state index contributed by atoms with van der Waals surface area (Å²) in [5.41, 5.74) is 0. The van der Waals surface area contributed by atoms with Crippen molar-refractivity contribution in [2.24, 2.45) is 5.92 Å². The van der Waals surface area contributed by atoms with E-state index in [1.165, 1.54) is 6.07 Å². The zero-order valence-electron chi connectivity index (χ0n) is 11.2. The molecule has 0 aliphatic heterocycles. The fourth-order valence-electron chi connectivity index (χ4n) is 1.48. The molecule has 0 fully saturated rings. The van der Waals surface area contributed by atoms with E-state index in [-0.39, 0.29) is 18.4 Å². The van der Waals surface area contributed by atoms with E-state index in [9.17, 15) is 9.59 Å². The zero-order valence-corrected chi connectivity index (χ0v) is 11.2. The van der Waals surface area contributed by atoms with Crippen LogP contribution in [-0.4, -0.2) is 34.8 Å². The molecular formula is C12H18N2O5. The summed E-state index contributed by atoms with van der Waals surface area (Å²) in [6.07, 6.45) is 0.365. The monoisotopic (exact) mass is 270 g/mol. The zero-order chi connectivity index (χ0) is 14.4. The molecule has 1 heterocycles. The molecule has 1 atom stereocenters. The third-order valence-electron chi connectivity index (χ3n) is 2.30. The van der Waals surface area contributed by atoms with Crippen LogP contribution in [0.2, 0.25) is 0 Å². The molecule has 0 radical (unpaired) electrons. The number of carbonyl (C=O) groups is 2. The average molecular weight is 270 g/mol. The molecule has 0 aliphatic carbocycles. The molecule has 0 saturated heterocycles. The summed E-state index contributed by atoms with van der Waals surface area (Å²) in [5.74, 6) is -0.629. The number of carbonyl (C=O) groups excluding carboxylic acids is 1. The molecule has 2 N–H and O–H groups in total. The van der Waals surface area contributed by atoms with Crippen LogP contribution in [0.5, 0.6) is 5.88 Å². The van der Waals surface area contributed by atoms with E-state index in [0.29, 0.717) is 12.2 Å². The Morgan fingerprint density at radius 1 is 1.53 bits per heavy atom. The quantitative estimate of drug-likeness (QED) is 0.765. The fourth-order valence-corrected chi connectivity index (χ4v) is 1.48. The Hall–Kier alpha value is -2.05. The average Bonchev–Trinajstić information content (AvgIpc) is 2.71. The van der Waals surface area contributed by atoms with Crippen LogP contribution < -0.4 is 10.1 Å². The number of carboxylic acid groups (broad SMARTS) is 1. The van der Waals surface area contributed by atoms with Crippen molar-refractivity contribution in [2.45, 2.75) is 33.2 Å². The lowest BCUT2D eigenvalue weighted by Crippen LogP contribution is -2.43. The second-order valence-electron chi connectivity index (χ2n) is 4.65. The standard InChI is InChI=1S/C12H18N2O5/c1-7(2)4-9(12(16)17)13-10(15)6-18-11-5-8(3)19-14-11/h5,7,9H,4,6H2,1-3H3,(H,13,15)(H,16,17). The molecule has 7 heteroatoms. The van der Waals surface area contributed by atoms with Crippen molar-refractivity contribution in [3.63, 3.8) is 0 Å². The van der Waals surface area contributed by atoms with Crippen LogP contribution in [0.1, 0.15) is 26.0 Å². The highest BCUT2D eigenvalue weighted by molar-refractivity contribution is 5.84. The lowest BCUT2D eigenvalue weighted by molar-refractivity contribution is -0.142. The number of hydrogen-bond acceptors (Lipinski definition) is 5. The summed E-state index contributed by atoms with van der Waals surface area (Å²) in [5, 5.41) is 14.9. The number of hydrogen-bond donors (Lipinski definition) is 2. The van der Waals surface area contributed by atoms with Gasteiger partial charge in [0.1, 0.15) is 11.8 Å². The molecule has 0 bridgehead atoms. The van der Waals surface area contributed by atoms with E-state index in [1.54, 1.807) is 6.92 Å². The van der Waals surface area contributed by atoms with Gasteiger partial charge in [0, 0.05) is 6.07 Å². The number of aliphatic carboxylic acids is 1. The molecule has 106 valence electrons. The molecule has 1 rings (SSSR count). The second kappa shape index (κ2) is 6.77. The maximum absolute atomic E-state index is 11.6. The van der Waals surface area contributed by atoms with Crippen LogP contribution in [0.3, 0.4) is 0 Å². The summed E-state index contributed by atoms with van der Waals surface area (Å²) in [6.45, 7) is 5.17. The number of aromatic nitrogens is 1. The van der Waals surface area contributed by atoms with Crippen molar-refractivity contribution in [3.05, 3.63) is 11.8 Å². The smallest absolute Gasteiger partial charge is 0.326 e. The highest BCUT2D eigenvalue weighted by Gasteiger charge is 2.21. The molecule has 0 spiro atoms. The van der Waals surface area contributed by atoms with Gasteiger partial charge in [0.15, 0.2) is 6.61 Å². The second-order valence-corrected chi connectivity index (χ2v) is 4.65. The minimum Gasteiger partial charge on any atom is -0.480 e. The summed E-state index contributed by atoms with van der Waals surface area (Å²) in [4.78, 5) is 22.5. The Bertz CT molecular complexity index is 441. The van der Waals surface area contributed by atoms with E-state index >= 15 is 0 Å². The summed E-state index contributed by atoms with van der Waals surface area (Å²) < 4.78 is 9.83. The molecule has 1 aromatic heterocycles. The van der Waals surface area contributed by atoms with Gasteiger partial charge < -0.3 is 19.7 Å². The molecule has 0 aliphatic rings. The molecule has 1 amide bonds. The first-order valence-corrected chi connectivity index (χ1v) is 5.96. The predicted molar refractivity (Wildman–Crippen MR) is 65.8 cm³/mol. The van der Waals surface area contributed by atoms with Gasteiger partial charge in [-0.25, -0.2) is 4.79 Å². The Morgan fingerprint density at radius 2 is 2.21 bits per heavy atom. The molecule has 19 heavy (non-hydrogen) atoms. The van der Waals surface area contributed by atoms with Crippen molar-refractivity contribution < 1.29 is 24.0 Å². The fraction of sp³-hybridized carbons (Fsp3) is 0.583. The van der Waals surface area contributed by atoms with Crippen LogP contribution >= 0.6 is 0 Å². The molecular weight excluding hydrogens is 252 g/mol. The third-order valence-corrected chi connectivity index (χ3v) is 2.30. The highest BCUT2D eigenvalue weighted by atomic mass is 16.5. The van der Waals surface area contributed by atoms with Gasteiger partial charge in [-0.1, -0.05) is 13.8 Å². The lowest BCUT2D eigenvalue weighted by Gasteiger charge is -2.16. The normalized spacial score (nSPS) is 12.2. The summed E-state index contributed by atoms with van der Waals surface area (Å²) in [6, 6.07) is 0.631. The number of nitrogens with one attached hydrogen (secondary N) is 1. The highest BCUT2D eigenvalue weighted by Crippen LogP contribution is 2.09. The Labute approximate surface area is 110 Å². The third kappa shape index (κ3) is 5.41. The first kappa shape index (κ1) is 15.0. The molecule has 1 unspecified atom stereocenters. The van der Waals surface area contributed by atoms with E-state index in [1.807, 2.05) is 13.8 Å². The van der Waals surface area contributed by atoms with Crippen molar-refractivity contribution >= 4 is 11.9 Å². The van der Waals surface area contributed by atoms with Crippen LogP contribution in [0.25, 0.3) is 0 Å². The first-order valence-electron chi connectivity index (χ1n) is 5.96. The van der Waals surface area contributed by atoms with Crippen LogP contribution in [0, 0.1) is 12.8 Å². The van der Waals surface area contributed by atoms with Gasteiger partial charge in [0.05, 0.1) is 0 Å². The van der Waals surface area contributed by atoms with Gasteiger partial charge in [0.2, 0.25) is 0 Å². The number of amides is 1. The maximum Gasteiger partial charge on any atom is 0.326 e. The van der Waals surface area contributed by atoms with E-state index in [2.05, 4.69) is 10.5 Å². The minimum atomic E-state index is -1.06. The van der Waals surface area contributed by atoms with Gasteiger partial charge in [-0.05, 0) is 24.4 Å². The largest absolute Gasteiger partial charge is 0.480 e. The van der Waals surface area contributed by atoms with Crippen molar-refractivity contribution in [1.82, 2.24) is 10.5 Å². The van der Waals surface area contributed by atoms with Crippen LogP contribution in [0.4, 0.5) is 0 Å². The number of ether oxygens (including phenoxy) is 1. The Kier molecular flexibility index (Phi) is 5.35. The maximum atomic E-state index is 11.6. The van der Waals surface area contributed by atoms with Crippen molar-refractivity contribution in [2.75, 3.05) is 6.61 Å². The molecule has 1 aromatic rings. The van der Waals surface area contributed by atoms with Crippen LogP contribution in [-0.2, 0) is 9.59 Å². The molecule has 0 aromatic carbocycles. The molecule has 7 nitrogen and oxygen atoms in total. The van der Waals surface area contributed by atoms with E-state index in [0.717, 1.165) is 0 Å². The van der Waals surface area contributed by atoms with Gasteiger partial charge in [-0.2, -0.15) is 0 Å². The van der Waals surface area contributed by atoms with Gasteiger partial charge in [0.25, 0.3) is 11.8 Å². The lowest BCUT2D eigenvalue weighted by atomic mass is 10.0. The first-order chi connectivity index (χ1) is 8.88. The van der Waals surface area contributed by atoms with Gasteiger partial charge in [-0.15, -0.1) is 0 Å². The van der Waals surface area contributed by atoms with E-state index < -0.39 is 17.9 Å². The van der Waals surface area contributed by atoms with E-state index in [4.69, 9.17) is 14.4 Å². The number of aryl methyl sites for hydroxylation is 1. The van der Waals surface area contributed by atoms with Gasteiger partial charge >= 0.3 is 5.97 Å².